The van der Waals surface area contributed by atoms with Crippen molar-refractivity contribution in [2.24, 2.45) is 7.05 Å². The summed E-state index contributed by atoms with van der Waals surface area (Å²) in [5.41, 5.74) is 1.42. The standard InChI is InChI=1S/C21H15ClF3N5O/c1-11-13(7-8-17(27-11)21(23,24)25)20(31)28-12-9-14(18(22)26-10-12)19-29-15-5-3-4-6-16(15)30(19)2/h3-10H,1-2H3,(H,28,31). The minimum atomic E-state index is -4.58. The molecule has 0 fully saturated rings. The van der Waals surface area contributed by atoms with Gasteiger partial charge in [0.25, 0.3) is 5.91 Å². The maximum absolute atomic E-state index is 12.8. The summed E-state index contributed by atoms with van der Waals surface area (Å²) < 4.78 is 40.3. The fourth-order valence-electron chi connectivity index (χ4n) is 3.22. The Labute approximate surface area is 179 Å². The molecule has 0 saturated carbocycles. The molecular weight excluding hydrogens is 431 g/mol. The molecule has 1 N–H and O–H groups in total. The number of hydrogen-bond acceptors (Lipinski definition) is 4. The maximum atomic E-state index is 12.8. The van der Waals surface area contributed by atoms with Gasteiger partial charge in [-0.15, -0.1) is 0 Å². The molecule has 31 heavy (non-hydrogen) atoms. The molecule has 4 aromatic rings. The molecular formula is C21H15ClF3N5O. The van der Waals surface area contributed by atoms with E-state index >= 15 is 0 Å². The van der Waals surface area contributed by atoms with Gasteiger partial charge in [0.15, 0.2) is 0 Å². The van der Waals surface area contributed by atoms with Crippen LogP contribution in [0, 0.1) is 6.92 Å². The third-order valence-corrected chi connectivity index (χ3v) is 5.05. The highest BCUT2D eigenvalue weighted by atomic mass is 35.5. The molecule has 1 amide bonds. The highest BCUT2D eigenvalue weighted by Gasteiger charge is 2.33. The highest BCUT2D eigenvalue weighted by molar-refractivity contribution is 6.32. The van der Waals surface area contributed by atoms with Crippen LogP contribution in [0.3, 0.4) is 0 Å². The number of rotatable bonds is 3. The molecule has 10 heteroatoms. The van der Waals surface area contributed by atoms with E-state index in [1.807, 2.05) is 35.9 Å². The third kappa shape index (κ3) is 3.96. The Hall–Kier alpha value is -3.46. The topological polar surface area (TPSA) is 72.7 Å². The van der Waals surface area contributed by atoms with Gasteiger partial charge in [-0.2, -0.15) is 13.2 Å². The number of carbonyl (C=O) groups excluding carboxylic acids is 1. The number of nitrogens with one attached hydrogen (secondary N) is 1. The maximum Gasteiger partial charge on any atom is 0.433 e. The first-order chi connectivity index (χ1) is 14.6. The first kappa shape index (κ1) is 20.8. The number of pyridine rings is 2. The van der Waals surface area contributed by atoms with Gasteiger partial charge in [-0.3, -0.25) is 4.79 Å². The fourth-order valence-corrected chi connectivity index (χ4v) is 3.40. The molecule has 0 saturated heterocycles. The normalized spacial score (nSPS) is 11.7. The second-order valence-corrected chi connectivity index (χ2v) is 7.18. The predicted octanol–water partition coefficient (Wildman–Crippen LogP) is 5.26. The van der Waals surface area contributed by atoms with E-state index in [0.717, 1.165) is 23.2 Å². The monoisotopic (exact) mass is 445 g/mol. The van der Waals surface area contributed by atoms with Gasteiger partial charge < -0.3 is 9.88 Å². The summed E-state index contributed by atoms with van der Waals surface area (Å²) in [6, 6.07) is 11.0. The summed E-state index contributed by atoms with van der Waals surface area (Å²) >= 11 is 6.28. The summed E-state index contributed by atoms with van der Waals surface area (Å²) in [6.45, 7) is 1.34. The summed E-state index contributed by atoms with van der Waals surface area (Å²) in [4.78, 5) is 24.8. The average molecular weight is 446 g/mol. The molecule has 6 nitrogen and oxygen atoms in total. The lowest BCUT2D eigenvalue weighted by molar-refractivity contribution is -0.141. The minimum absolute atomic E-state index is 0.0206. The van der Waals surface area contributed by atoms with E-state index in [0.29, 0.717) is 17.1 Å². The highest BCUT2D eigenvalue weighted by Crippen LogP contribution is 2.31. The summed E-state index contributed by atoms with van der Waals surface area (Å²) in [6.07, 6.45) is -3.22. The van der Waals surface area contributed by atoms with Crippen LogP contribution >= 0.6 is 11.6 Å². The molecule has 0 bridgehead atoms. The SMILES string of the molecule is Cc1nc(C(F)(F)F)ccc1C(=O)Nc1cnc(Cl)c(-c2nc3ccccc3n2C)c1. The van der Waals surface area contributed by atoms with Gasteiger partial charge in [-0.25, -0.2) is 15.0 Å². The number of imidazole rings is 1. The van der Waals surface area contributed by atoms with Crippen molar-refractivity contribution in [1.82, 2.24) is 19.5 Å². The second-order valence-electron chi connectivity index (χ2n) is 6.83. The fraction of sp³-hybridized carbons (Fsp3) is 0.143. The van der Waals surface area contributed by atoms with Gasteiger partial charge in [0.2, 0.25) is 0 Å². The van der Waals surface area contributed by atoms with Crippen molar-refractivity contribution >= 4 is 34.2 Å². The number of fused-ring (bicyclic) bond motifs is 1. The molecule has 0 aliphatic heterocycles. The van der Waals surface area contributed by atoms with Crippen molar-refractivity contribution < 1.29 is 18.0 Å². The zero-order chi connectivity index (χ0) is 22.3. The lowest BCUT2D eigenvalue weighted by Gasteiger charge is -2.11. The third-order valence-electron chi connectivity index (χ3n) is 4.75. The second kappa shape index (κ2) is 7.66. The Morgan fingerprint density at radius 3 is 2.55 bits per heavy atom. The molecule has 3 aromatic heterocycles. The molecule has 3 heterocycles. The molecule has 0 aliphatic carbocycles. The van der Waals surface area contributed by atoms with Crippen molar-refractivity contribution in [2.75, 3.05) is 5.32 Å². The number of benzene rings is 1. The van der Waals surface area contributed by atoms with Crippen molar-refractivity contribution in [2.45, 2.75) is 13.1 Å². The molecule has 0 unspecified atom stereocenters. The van der Waals surface area contributed by atoms with E-state index in [9.17, 15) is 18.0 Å². The van der Waals surface area contributed by atoms with Crippen LogP contribution in [-0.2, 0) is 13.2 Å². The van der Waals surface area contributed by atoms with E-state index in [-0.39, 0.29) is 16.4 Å². The number of amides is 1. The molecule has 0 atom stereocenters. The van der Waals surface area contributed by atoms with E-state index in [2.05, 4.69) is 20.3 Å². The van der Waals surface area contributed by atoms with Crippen LogP contribution in [0.2, 0.25) is 5.15 Å². The van der Waals surface area contributed by atoms with Crippen molar-refractivity contribution in [3.05, 3.63) is 70.8 Å². The molecule has 0 aliphatic rings. The Kier molecular flexibility index (Phi) is 5.14. The first-order valence-electron chi connectivity index (χ1n) is 9.08. The van der Waals surface area contributed by atoms with Crippen LogP contribution in [0.25, 0.3) is 22.4 Å². The van der Waals surface area contributed by atoms with Crippen LogP contribution in [0.15, 0.2) is 48.7 Å². The Morgan fingerprint density at radius 2 is 1.87 bits per heavy atom. The van der Waals surface area contributed by atoms with E-state index in [1.54, 1.807) is 6.07 Å². The van der Waals surface area contributed by atoms with Crippen LogP contribution in [0.4, 0.5) is 18.9 Å². The molecule has 0 radical (unpaired) electrons. The quantitative estimate of drug-likeness (QED) is 0.436. The number of carbonyl (C=O) groups is 1. The van der Waals surface area contributed by atoms with E-state index in [4.69, 9.17) is 11.6 Å². The summed E-state index contributed by atoms with van der Waals surface area (Å²) in [5.74, 6) is -0.0547. The van der Waals surface area contributed by atoms with Crippen LogP contribution in [0.1, 0.15) is 21.7 Å². The van der Waals surface area contributed by atoms with Crippen LogP contribution in [-0.4, -0.2) is 25.4 Å². The van der Waals surface area contributed by atoms with Crippen molar-refractivity contribution in [3.63, 3.8) is 0 Å². The van der Waals surface area contributed by atoms with Gasteiger partial charge in [0.1, 0.15) is 16.7 Å². The average Bonchev–Trinajstić information content (AvgIpc) is 3.05. The zero-order valence-electron chi connectivity index (χ0n) is 16.3. The van der Waals surface area contributed by atoms with E-state index in [1.165, 1.54) is 13.1 Å². The number of hydrogen-bond donors (Lipinski definition) is 1. The van der Waals surface area contributed by atoms with Gasteiger partial charge >= 0.3 is 6.18 Å². The van der Waals surface area contributed by atoms with Gasteiger partial charge in [-0.05, 0) is 37.3 Å². The largest absolute Gasteiger partial charge is 0.433 e. The van der Waals surface area contributed by atoms with E-state index < -0.39 is 17.8 Å². The number of aromatic nitrogens is 4. The molecule has 1 aromatic carbocycles. The number of anilines is 1. The van der Waals surface area contributed by atoms with Crippen molar-refractivity contribution in [3.8, 4) is 11.4 Å². The van der Waals surface area contributed by atoms with Gasteiger partial charge in [-0.1, -0.05) is 23.7 Å². The van der Waals surface area contributed by atoms with Crippen LogP contribution < -0.4 is 5.32 Å². The molecule has 158 valence electrons. The lowest BCUT2D eigenvalue weighted by atomic mass is 10.1. The number of alkyl halides is 3. The van der Waals surface area contributed by atoms with Crippen molar-refractivity contribution in [1.29, 1.82) is 0 Å². The molecule has 0 spiro atoms. The summed E-state index contributed by atoms with van der Waals surface area (Å²) in [7, 11) is 1.84. The smallest absolute Gasteiger partial charge is 0.327 e. The number of halogens is 4. The lowest BCUT2D eigenvalue weighted by Crippen LogP contribution is -2.17. The number of para-hydroxylation sites is 2. The Morgan fingerprint density at radius 1 is 1.13 bits per heavy atom. The van der Waals surface area contributed by atoms with Gasteiger partial charge in [0.05, 0.1) is 39.7 Å². The zero-order valence-corrected chi connectivity index (χ0v) is 17.1. The predicted molar refractivity (Wildman–Crippen MR) is 111 cm³/mol. The molecule has 4 rings (SSSR count). The minimum Gasteiger partial charge on any atom is -0.327 e. The first-order valence-corrected chi connectivity index (χ1v) is 9.46. The number of nitrogens with zero attached hydrogens (tertiary/aromatic N) is 4. The number of aryl methyl sites for hydroxylation is 2. The van der Waals surface area contributed by atoms with Gasteiger partial charge in [0, 0.05) is 7.05 Å². The Balaban J connectivity index is 1.66. The van der Waals surface area contributed by atoms with Crippen LogP contribution in [0.5, 0.6) is 0 Å². The summed E-state index contributed by atoms with van der Waals surface area (Å²) in [5, 5.41) is 2.83. The Bertz CT molecular complexity index is 1320.